The van der Waals surface area contributed by atoms with Gasteiger partial charge in [-0.05, 0) is 45.3 Å². The minimum atomic E-state index is 0.439. The van der Waals surface area contributed by atoms with Gasteiger partial charge in [0.1, 0.15) is 11.0 Å². The first kappa shape index (κ1) is 12.6. The van der Waals surface area contributed by atoms with E-state index in [2.05, 4.69) is 27.2 Å². The molecule has 1 aromatic heterocycles. The Balaban J connectivity index is 1.69. The fourth-order valence-electron chi connectivity index (χ4n) is 2.18. The Morgan fingerprint density at radius 1 is 1.41 bits per heavy atom. The summed E-state index contributed by atoms with van der Waals surface area (Å²) >= 11 is 5.77. The smallest absolute Gasteiger partial charge is 0.149 e. The molecule has 17 heavy (non-hydrogen) atoms. The molecule has 0 aromatic carbocycles. The fourth-order valence-corrected chi connectivity index (χ4v) is 2.33. The Morgan fingerprint density at radius 2 is 2.18 bits per heavy atom. The maximum atomic E-state index is 5.77. The highest BCUT2D eigenvalue weighted by atomic mass is 35.5. The Kier molecular flexibility index (Phi) is 4.57. The third-order valence-corrected chi connectivity index (χ3v) is 3.48. The molecule has 94 valence electrons. The zero-order valence-electron chi connectivity index (χ0n) is 10.2. The van der Waals surface area contributed by atoms with E-state index in [0.29, 0.717) is 5.15 Å². The molecule has 4 nitrogen and oxygen atoms in total. The van der Waals surface area contributed by atoms with Gasteiger partial charge >= 0.3 is 0 Å². The summed E-state index contributed by atoms with van der Waals surface area (Å²) in [6.45, 7) is 3.40. The number of aromatic nitrogens is 2. The van der Waals surface area contributed by atoms with Crippen molar-refractivity contribution in [2.75, 3.05) is 32.0 Å². The molecular formula is C12H19ClN4. The van der Waals surface area contributed by atoms with Crippen LogP contribution < -0.4 is 5.32 Å². The molecule has 2 rings (SSSR count). The first-order chi connectivity index (χ1) is 8.24. The highest BCUT2D eigenvalue weighted by Gasteiger charge is 2.15. The van der Waals surface area contributed by atoms with E-state index in [9.17, 15) is 0 Å². The van der Waals surface area contributed by atoms with Gasteiger partial charge in [0.05, 0.1) is 12.4 Å². The molecule has 1 aromatic rings. The number of rotatable bonds is 4. The van der Waals surface area contributed by atoms with Crippen LogP contribution in [0.15, 0.2) is 12.4 Å². The Hall–Kier alpha value is -0.870. The SMILES string of the molecule is CN1CCC(CCNc2cncc(Cl)n2)CC1. The molecule has 0 saturated carbocycles. The van der Waals surface area contributed by atoms with Crippen molar-refractivity contribution in [3.63, 3.8) is 0 Å². The summed E-state index contributed by atoms with van der Waals surface area (Å²) < 4.78 is 0. The molecule has 0 atom stereocenters. The lowest BCUT2D eigenvalue weighted by Gasteiger charge is -2.28. The second-order valence-electron chi connectivity index (χ2n) is 4.69. The van der Waals surface area contributed by atoms with Crippen molar-refractivity contribution in [2.45, 2.75) is 19.3 Å². The van der Waals surface area contributed by atoms with Gasteiger partial charge in [-0.25, -0.2) is 4.98 Å². The summed E-state index contributed by atoms with van der Waals surface area (Å²) in [6, 6.07) is 0. The molecule has 0 unspecified atom stereocenters. The Morgan fingerprint density at radius 3 is 2.88 bits per heavy atom. The van der Waals surface area contributed by atoms with Gasteiger partial charge in [-0.1, -0.05) is 11.6 Å². The molecule has 1 aliphatic rings. The van der Waals surface area contributed by atoms with Crippen molar-refractivity contribution in [3.05, 3.63) is 17.5 Å². The minimum Gasteiger partial charge on any atom is -0.369 e. The maximum Gasteiger partial charge on any atom is 0.149 e. The Labute approximate surface area is 107 Å². The molecule has 0 aliphatic carbocycles. The molecule has 0 amide bonds. The average molecular weight is 255 g/mol. The predicted octanol–water partition coefficient (Wildman–Crippen LogP) is 2.27. The number of hydrogen-bond donors (Lipinski definition) is 1. The van der Waals surface area contributed by atoms with Crippen molar-refractivity contribution in [2.24, 2.45) is 5.92 Å². The standard InChI is InChI=1S/C12H19ClN4/c1-17-6-3-10(4-7-17)2-5-15-12-9-14-8-11(13)16-12/h8-10H,2-7H2,1H3,(H,15,16). The summed E-state index contributed by atoms with van der Waals surface area (Å²) in [5.41, 5.74) is 0. The molecule has 0 bridgehead atoms. The zero-order chi connectivity index (χ0) is 12.1. The van der Waals surface area contributed by atoms with E-state index in [1.54, 1.807) is 12.4 Å². The second kappa shape index (κ2) is 6.17. The van der Waals surface area contributed by atoms with Gasteiger partial charge < -0.3 is 10.2 Å². The maximum absolute atomic E-state index is 5.77. The number of nitrogens with zero attached hydrogens (tertiary/aromatic N) is 3. The van der Waals surface area contributed by atoms with E-state index in [1.165, 1.54) is 32.4 Å². The average Bonchev–Trinajstić information content (AvgIpc) is 2.32. The van der Waals surface area contributed by atoms with Gasteiger partial charge in [-0.3, -0.25) is 4.98 Å². The molecule has 1 N–H and O–H groups in total. The Bertz CT molecular complexity index is 350. The van der Waals surface area contributed by atoms with E-state index in [0.717, 1.165) is 18.3 Å². The van der Waals surface area contributed by atoms with E-state index in [-0.39, 0.29) is 0 Å². The summed E-state index contributed by atoms with van der Waals surface area (Å²) in [5, 5.41) is 3.71. The van der Waals surface area contributed by atoms with Crippen molar-refractivity contribution >= 4 is 17.4 Å². The van der Waals surface area contributed by atoms with Gasteiger partial charge in [-0.2, -0.15) is 0 Å². The van der Waals surface area contributed by atoms with Crippen molar-refractivity contribution in [1.82, 2.24) is 14.9 Å². The van der Waals surface area contributed by atoms with Crippen LogP contribution in [-0.4, -0.2) is 41.5 Å². The highest BCUT2D eigenvalue weighted by Crippen LogP contribution is 2.19. The predicted molar refractivity (Wildman–Crippen MR) is 70.4 cm³/mol. The number of hydrogen-bond acceptors (Lipinski definition) is 4. The fraction of sp³-hybridized carbons (Fsp3) is 0.667. The topological polar surface area (TPSA) is 41.0 Å². The van der Waals surface area contributed by atoms with Crippen LogP contribution in [0.4, 0.5) is 5.82 Å². The molecule has 1 saturated heterocycles. The van der Waals surface area contributed by atoms with Crippen LogP contribution in [0, 0.1) is 5.92 Å². The van der Waals surface area contributed by atoms with Gasteiger partial charge in [0, 0.05) is 6.54 Å². The molecule has 0 spiro atoms. The van der Waals surface area contributed by atoms with Gasteiger partial charge in [0.25, 0.3) is 0 Å². The first-order valence-electron chi connectivity index (χ1n) is 6.14. The van der Waals surface area contributed by atoms with E-state index in [4.69, 9.17) is 11.6 Å². The van der Waals surface area contributed by atoms with Crippen LogP contribution in [0.1, 0.15) is 19.3 Å². The van der Waals surface area contributed by atoms with E-state index < -0.39 is 0 Å². The lowest BCUT2D eigenvalue weighted by molar-refractivity contribution is 0.215. The third kappa shape index (κ3) is 4.13. The molecule has 2 heterocycles. The molecular weight excluding hydrogens is 236 g/mol. The van der Waals surface area contributed by atoms with Crippen LogP contribution in [0.3, 0.4) is 0 Å². The van der Waals surface area contributed by atoms with Crippen LogP contribution in [0.2, 0.25) is 5.15 Å². The summed E-state index contributed by atoms with van der Waals surface area (Å²) in [5.74, 6) is 1.61. The van der Waals surface area contributed by atoms with E-state index in [1.807, 2.05) is 0 Å². The lowest BCUT2D eigenvalue weighted by Crippen LogP contribution is -2.30. The summed E-state index contributed by atoms with van der Waals surface area (Å²) in [6.07, 6.45) is 7.06. The third-order valence-electron chi connectivity index (χ3n) is 3.30. The molecule has 0 radical (unpaired) electrons. The summed E-state index contributed by atoms with van der Waals surface area (Å²) in [7, 11) is 2.19. The van der Waals surface area contributed by atoms with Crippen LogP contribution >= 0.6 is 11.6 Å². The highest BCUT2D eigenvalue weighted by molar-refractivity contribution is 6.29. The monoisotopic (exact) mass is 254 g/mol. The zero-order valence-corrected chi connectivity index (χ0v) is 11.0. The number of halogens is 1. The number of anilines is 1. The van der Waals surface area contributed by atoms with Gasteiger partial charge in [0.2, 0.25) is 0 Å². The van der Waals surface area contributed by atoms with Gasteiger partial charge in [0.15, 0.2) is 0 Å². The second-order valence-corrected chi connectivity index (χ2v) is 5.08. The number of nitrogens with one attached hydrogen (secondary N) is 1. The molecule has 1 aliphatic heterocycles. The minimum absolute atomic E-state index is 0.439. The molecule has 5 heteroatoms. The van der Waals surface area contributed by atoms with Gasteiger partial charge in [-0.15, -0.1) is 0 Å². The quantitative estimate of drug-likeness (QED) is 0.895. The number of likely N-dealkylation sites (tertiary alicyclic amines) is 1. The van der Waals surface area contributed by atoms with Crippen molar-refractivity contribution in [3.8, 4) is 0 Å². The normalized spacial score (nSPS) is 18.2. The largest absolute Gasteiger partial charge is 0.369 e. The lowest BCUT2D eigenvalue weighted by atomic mass is 9.94. The number of piperidine rings is 1. The summed E-state index contributed by atoms with van der Waals surface area (Å²) in [4.78, 5) is 10.5. The van der Waals surface area contributed by atoms with Crippen molar-refractivity contribution < 1.29 is 0 Å². The molecule has 1 fully saturated rings. The van der Waals surface area contributed by atoms with Crippen LogP contribution in [-0.2, 0) is 0 Å². The van der Waals surface area contributed by atoms with Crippen LogP contribution in [0.5, 0.6) is 0 Å². The van der Waals surface area contributed by atoms with Crippen LogP contribution in [0.25, 0.3) is 0 Å². The first-order valence-corrected chi connectivity index (χ1v) is 6.52. The van der Waals surface area contributed by atoms with E-state index >= 15 is 0 Å². The van der Waals surface area contributed by atoms with Crippen molar-refractivity contribution in [1.29, 1.82) is 0 Å².